The van der Waals surface area contributed by atoms with Gasteiger partial charge in [0.25, 0.3) is 0 Å². The van der Waals surface area contributed by atoms with Crippen molar-refractivity contribution in [2.45, 2.75) is 46.5 Å². The Hall–Kier alpha value is -3.39. The van der Waals surface area contributed by atoms with Gasteiger partial charge >= 0.3 is 0 Å². The van der Waals surface area contributed by atoms with E-state index in [-0.39, 0.29) is 11.2 Å². The number of hydrogen-bond donors (Lipinski definition) is 1. The number of pyridine rings is 1. The fraction of sp³-hybridized carbons (Fsp3) is 0.320. The first-order valence-electron chi connectivity index (χ1n) is 10.2. The monoisotopic (exact) mass is 398 g/mol. The first-order chi connectivity index (χ1) is 14.2. The molecule has 30 heavy (non-hydrogen) atoms. The van der Waals surface area contributed by atoms with Crippen LogP contribution in [0.4, 0.5) is 5.69 Å². The predicted molar refractivity (Wildman–Crippen MR) is 117 cm³/mol. The summed E-state index contributed by atoms with van der Waals surface area (Å²) in [6.07, 6.45) is 4.57. The van der Waals surface area contributed by atoms with Crippen LogP contribution in [0.5, 0.6) is 0 Å². The molecule has 0 bridgehead atoms. The third-order valence-corrected chi connectivity index (χ3v) is 6.03. The van der Waals surface area contributed by atoms with Gasteiger partial charge in [-0.25, -0.2) is 0 Å². The lowest BCUT2D eigenvalue weighted by Gasteiger charge is -2.43. The second-order valence-corrected chi connectivity index (χ2v) is 9.05. The summed E-state index contributed by atoms with van der Waals surface area (Å²) in [4.78, 5) is 19.6. The number of allylic oxidation sites excluding steroid dienone is 3. The van der Waals surface area contributed by atoms with Gasteiger partial charge in [0, 0.05) is 23.9 Å². The number of hydrogen-bond acceptors (Lipinski definition) is 5. The smallest absolute Gasteiger partial charge is 0.162 e. The van der Waals surface area contributed by atoms with Crippen LogP contribution in [-0.4, -0.2) is 10.8 Å². The molecular formula is C25H26N4O. The molecule has 1 aromatic carbocycles. The average molecular weight is 399 g/mol. The zero-order valence-electron chi connectivity index (χ0n) is 17.9. The highest BCUT2D eigenvalue weighted by Gasteiger charge is 2.45. The van der Waals surface area contributed by atoms with Crippen molar-refractivity contribution < 1.29 is 4.79 Å². The van der Waals surface area contributed by atoms with Crippen LogP contribution in [0.3, 0.4) is 0 Å². The molecule has 152 valence electrons. The third kappa shape index (κ3) is 3.19. The van der Waals surface area contributed by atoms with Crippen LogP contribution in [0, 0.1) is 30.6 Å². The minimum absolute atomic E-state index is 0.0845. The van der Waals surface area contributed by atoms with Gasteiger partial charge in [-0.3, -0.25) is 14.7 Å². The van der Waals surface area contributed by atoms with Crippen LogP contribution in [-0.2, 0) is 4.79 Å². The standard InChI is InChI=1S/C25H26N4O/c1-15-7-8-16(2)18(10-15)22-19(13-26)24(27)29(17-6-5-9-28-14-17)20-11-25(3,4)12-21(30)23(20)22/h5-10,14,22H,11-12,27H2,1-4H3/t22-/m0/s1. The number of anilines is 1. The second-order valence-electron chi connectivity index (χ2n) is 9.05. The molecule has 0 radical (unpaired) electrons. The lowest BCUT2D eigenvalue weighted by Crippen LogP contribution is -2.42. The SMILES string of the molecule is Cc1ccc(C)c([C@H]2C(C#N)=C(N)N(c3cccnc3)C3=C2C(=O)CC(C)(C)C3)c1. The molecule has 0 fully saturated rings. The maximum Gasteiger partial charge on any atom is 0.162 e. The van der Waals surface area contributed by atoms with Gasteiger partial charge in [-0.05, 0) is 48.9 Å². The highest BCUT2D eigenvalue weighted by molar-refractivity contribution is 6.01. The Morgan fingerprint density at radius 2 is 2.00 bits per heavy atom. The Bertz CT molecular complexity index is 1140. The second kappa shape index (κ2) is 7.14. The molecule has 5 heteroatoms. The van der Waals surface area contributed by atoms with Crippen molar-refractivity contribution in [3.63, 3.8) is 0 Å². The molecule has 2 aromatic rings. The normalized spacial score (nSPS) is 20.8. The van der Waals surface area contributed by atoms with Crippen LogP contribution in [0.1, 0.15) is 49.3 Å². The Kier molecular flexibility index (Phi) is 4.74. The molecule has 5 nitrogen and oxygen atoms in total. The summed E-state index contributed by atoms with van der Waals surface area (Å²) in [5.41, 5.74) is 12.3. The Morgan fingerprint density at radius 3 is 2.67 bits per heavy atom. The van der Waals surface area contributed by atoms with E-state index in [1.165, 1.54) is 0 Å². The largest absolute Gasteiger partial charge is 0.384 e. The van der Waals surface area contributed by atoms with Crippen molar-refractivity contribution in [2.24, 2.45) is 11.1 Å². The molecule has 4 rings (SSSR count). The minimum Gasteiger partial charge on any atom is -0.384 e. The van der Waals surface area contributed by atoms with Crippen molar-refractivity contribution in [3.05, 3.63) is 82.1 Å². The summed E-state index contributed by atoms with van der Waals surface area (Å²) >= 11 is 0. The summed E-state index contributed by atoms with van der Waals surface area (Å²) in [5, 5.41) is 10.1. The van der Waals surface area contributed by atoms with E-state index in [4.69, 9.17) is 5.73 Å². The molecule has 2 N–H and O–H groups in total. The molecular weight excluding hydrogens is 372 g/mol. The van der Waals surface area contributed by atoms with E-state index in [0.717, 1.165) is 28.1 Å². The van der Waals surface area contributed by atoms with Gasteiger partial charge in [0.1, 0.15) is 5.82 Å². The molecule has 0 unspecified atom stereocenters. The van der Waals surface area contributed by atoms with E-state index in [0.29, 0.717) is 29.8 Å². The van der Waals surface area contributed by atoms with E-state index < -0.39 is 5.92 Å². The first-order valence-corrected chi connectivity index (χ1v) is 10.2. The number of nitriles is 1. The Balaban J connectivity index is 2.04. The molecule has 1 aliphatic heterocycles. The van der Waals surface area contributed by atoms with Crippen LogP contribution in [0.2, 0.25) is 0 Å². The molecule has 1 aliphatic carbocycles. The maximum absolute atomic E-state index is 13.5. The van der Waals surface area contributed by atoms with Gasteiger partial charge in [-0.15, -0.1) is 0 Å². The molecule has 0 saturated heterocycles. The zero-order chi connectivity index (χ0) is 21.6. The summed E-state index contributed by atoms with van der Waals surface area (Å²) < 4.78 is 0. The Morgan fingerprint density at radius 1 is 1.23 bits per heavy atom. The van der Waals surface area contributed by atoms with Crippen LogP contribution < -0.4 is 10.6 Å². The third-order valence-electron chi connectivity index (χ3n) is 6.03. The van der Waals surface area contributed by atoms with Crippen molar-refractivity contribution in [2.75, 3.05) is 4.90 Å². The number of nitrogens with zero attached hydrogens (tertiary/aromatic N) is 3. The summed E-state index contributed by atoms with van der Waals surface area (Å²) in [7, 11) is 0. The topological polar surface area (TPSA) is 83.0 Å². The van der Waals surface area contributed by atoms with Crippen molar-refractivity contribution in [1.29, 1.82) is 5.26 Å². The van der Waals surface area contributed by atoms with Gasteiger partial charge in [0.2, 0.25) is 0 Å². The van der Waals surface area contributed by atoms with Crippen molar-refractivity contribution in [3.8, 4) is 6.07 Å². The molecule has 0 spiro atoms. The molecule has 2 heterocycles. The minimum atomic E-state index is -0.443. The summed E-state index contributed by atoms with van der Waals surface area (Å²) in [6.45, 7) is 8.24. The average Bonchev–Trinajstić information content (AvgIpc) is 2.69. The molecule has 1 atom stereocenters. The highest BCUT2D eigenvalue weighted by Crippen LogP contribution is 2.50. The highest BCUT2D eigenvalue weighted by atomic mass is 16.1. The number of benzene rings is 1. The number of aromatic nitrogens is 1. The number of nitrogens with two attached hydrogens (primary N) is 1. The molecule has 0 amide bonds. The summed E-state index contributed by atoms with van der Waals surface area (Å²) in [5.74, 6) is 0.0170. The first kappa shape index (κ1) is 19.9. The van der Waals surface area contributed by atoms with Crippen LogP contribution in [0.25, 0.3) is 0 Å². The van der Waals surface area contributed by atoms with Gasteiger partial charge in [0.05, 0.1) is 29.4 Å². The number of Topliss-reactive ketones (excluding diaryl/α,β-unsaturated/α-hetero) is 1. The van der Waals surface area contributed by atoms with E-state index in [1.54, 1.807) is 12.4 Å². The van der Waals surface area contributed by atoms with E-state index in [2.05, 4.69) is 31.0 Å². The number of ketones is 1. The number of rotatable bonds is 2. The van der Waals surface area contributed by atoms with Gasteiger partial charge < -0.3 is 5.73 Å². The van der Waals surface area contributed by atoms with Gasteiger partial charge in [-0.2, -0.15) is 5.26 Å². The Labute approximate surface area is 177 Å². The fourth-order valence-corrected chi connectivity index (χ4v) is 4.67. The quantitative estimate of drug-likeness (QED) is 0.797. The van der Waals surface area contributed by atoms with E-state index >= 15 is 0 Å². The molecule has 0 saturated carbocycles. The van der Waals surface area contributed by atoms with Crippen molar-refractivity contribution in [1.82, 2.24) is 4.98 Å². The lowest BCUT2D eigenvalue weighted by molar-refractivity contribution is -0.118. The number of aryl methyl sites for hydroxylation is 2. The lowest BCUT2D eigenvalue weighted by atomic mass is 9.68. The number of carbonyl (C=O) groups excluding carboxylic acids is 1. The molecule has 2 aliphatic rings. The van der Waals surface area contributed by atoms with Gasteiger partial charge in [0.15, 0.2) is 5.78 Å². The van der Waals surface area contributed by atoms with Gasteiger partial charge in [-0.1, -0.05) is 37.6 Å². The summed E-state index contributed by atoms with van der Waals surface area (Å²) in [6, 6.07) is 12.2. The van der Waals surface area contributed by atoms with E-state index in [1.807, 2.05) is 43.0 Å². The zero-order valence-corrected chi connectivity index (χ0v) is 17.9. The van der Waals surface area contributed by atoms with Crippen LogP contribution >= 0.6 is 0 Å². The van der Waals surface area contributed by atoms with Crippen LogP contribution in [0.15, 0.2) is 65.4 Å². The fourth-order valence-electron chi connectivity index (χ4n) is 4.67. The van der Waals surface area contributed by atoms with Crippen molar-refractivity contribution >= 4 is 11.5 Å². The number of carbonyl (C=O) groups is 1. The maximum atomic E-state index is 13.5. The predicted octanol–water partition coefficient (Wildman–Crippen LogP) is 4.64. The molecule has 1 aromatic heterocycles. The van der Waals surface area contributed by atoms with E-state index in [9.17, 15) is 10.1 Å².